The van der Waals surface area contributed by atoms with E-state index in [1.54, 1.807) is 24.3 Å². The average molecular weight is 306 g/mol. The lowest BCUT2D eigenvalue weighted by Gasteiger charge is -2.10. The lowest BCUT2D eigenvalue weighted by Crippen LogP contribution is -2.05. The molecule has 0 fully saturated rings. The SMILES string of the molecule is N#CC(C#N)=C(c1ccccc1Cl)n1nnc2ccccc21. The Morgan fingerprint density at radius 1 is 1.00 bits per heavy atom. The summed E-state index contributed by atoms with van der Waals surface area (Å²) in [6.07, 6.45) is 0. The van der Waals surface area contributed by atoms with E-state index in [0.717, 1.165) is 0 Å². The number of nitrogens with zero attached hydrogens (tertiary/aromatic N) is 5. The molecular formula is C16H8ClN5. The fourth-order valence-electron chi connectivity index (χ4n) is 2.17. The molecule has 1 aromatic heterocycles. The van der Waals surface area contributed by atoms with Crippen LogP contribution in [0.1, 0.15) is 5.56 Å². The highest BCUT2D eigenvalue weighted by atomic mass is 35.5. The standard InChI is InChI=1S/C16H8ClN5/c17-13-6-2-1-5-12(13)16(11(9-18)10-19)22-15-8-4-3-7-14(15)20-21-22/h1-8H. The van der Waals surface area contributed by atoms with Crippen LogP contribution in [-0.2, 0) is 0 Å². The second-order valence-corrected chi connectivity index (χ2v) is 4.82. The lowest BCUT2D eigenvalue weighted by molar-refractivity contribution is 0.839. The first-order chi connectivity index (χ1) is 10.8. The van der Waals surface area contributed by atoms with Crippen molar-refractivity contribution >= 4 is 28.3 Å². The molecule has 3 rings (SSSR count). The molecule has 0 aliphatic heterocycles. The lowest BCUT2D eigenvalue weighted by atomic mass is 10.1. The average Bonchev–Trinajstić information content (AvgIpc) is 2.97. The van der Waals surface area contributed by atoms with Gasteiger partial charge in [0.25, 0.3) is 0 Å². The molecule has 0 bridgehead atoms. The van der Waals surface area contributed by atoms with Gasteiger partial charge in [-0.25, -0.2) is 4.68 Å². The van der Waals surface area contributed by atoms with Crippen molar-refractivity contribution in [3.63, 3.8) is 0 Å². The van der Waals surface area contributed by atoms with Crippen LogP contribution in [0.5, 0.6) is 0 Å². The molecule has 0 unspecified atom stereocenters. The fourth-order valence-corrected chi connectivity index (χ4v) is 2.40. The number of fused-ring (bicyclic) bond motifs is 1. The van der Waals surface area contributed by atoms with Gasteiger partial charge >= 0.3 is 0 Å². The molecule has 22 heavy (non-hydrogen) atoms. The first kappa shape index (κ1) is 13.8. The van der Waals surface area contributed by atoms with E-state index in [4.69, 9.17) is 11.6 Å². The number of hydrogen-bond acceptors (Lipinski definition) is 4. The van der Waals surface area contributed by atoms with Crippen LogP contribution in [0, 0.1) is 22.7 Å². The zero-order valence-corrected chi connectivity index (χ0v) is 12.0. The molecule has 0 N–H and O–H groups in total. The van der Waals surface area contributed by atoms with Crippen molar-refractivity contribution in [2.45, 2.75) is 0 Å². The van der Waals surface area contributed by atoms with Gasteiger partial charge in [0.1, 0.15) is 23.4 Å². The largest absolute Gasteiger partial charge is 0.210 e. The third-order valence-electron chi connectivity index (χ3n) is 3.15. The fraction of sp³-hybridized carbons (Fsp3) is 0. The van der Waals surface area contributed by atoms with Crippen molar-refractivity contribution in [3.05, 3.63) is 64.7 Å². The van der Waals surface area contributed by atoms with Gasteiger partial charge < -0.3 is 0 Å². The summed E-state index contributed by atoms with van der Waals surface area (Å²) >= 11 is 6.23. The normalized spacial score (nSPS) is 9.95. The minimum atomic E-state index is -0.0799. The predicted octanol–water partition coefficient (Wildman–Crippen LogP) is 3.39. The summed E-state index contributed by atoms with van der Waals surface area (Å²) in [6.45, 7) is 0. The molecule has 0 spiro atoms. The highest BCUT2D eigenvalue weighted by molar-refractivity contribution is 6.32. The maximum absolute atomic E-state index is 9.28. The molecule has 0 aliphatic carbocycles. The van der Waals surface area contributed by atoms with Crippen LogP contribution in [0.3, 0.4) is 0 Å². The molecule has 0 radical (unpaired) electrons. The number of rotatable bonds is 2. The summed E-state index contributed by atoms with van der Waals surface area (Å²) < 4.78 is 1.47. The third kappa shape index (κ3) is 2.20. The monoisotopic (exact) mass is 305 g/mol. The summed E-state index contributed by atoms with van der Waals surface area (Å²) in [7, 11) is 0. The Hall–Kier alpha value is -3.15. The number of halogens is 1. The highest BCUT2D eigenvalue weighted by Crippen LogP contribution is 2.29. The zero-order chi connectivity index (χ0) is 15.5. The van der Waals surface area contributed by atoms with Gasteiger partial charge in [-0.05, 0) is 18.2 Å². The predicted molar refractivity (Wildman–Crippen MR) is 82.5 cm³/mol. The van der Waals surface area contributed by atoms with Gasteiger partial charge in [-0.15, -0.1) is 5.10 Å². The topological polar surface area (TPSA) is 78.3 Å². The highest BCUT2D eigenvalue weighted by Gasteiger charge is 2.18. The summed E-state index contributed by atoms with van der Waals surface area (Å²) in [5.41, 5.74) is 2.16. The molecule has 0 saturated carbocycles. The third-order valence-corrected chi connectivity index (χ3v) is 3.48. The molecule has 0 aliphatic rings. The van der Waals surface area contributed by atoms with E-state index in [1.807, 2.05) is 36.4 Å². The molecule has 1 heterocycles. The van der Waals surface area contributed by atoms with Crippen molar-refractivity contribution in [3.8, 4) is 12.1 Å². The van der Waals surface area contributed by atoms with Gasteiger partial charge in [0.2, 0.25) is 0 Å². The van der Waals surface area contributed by atoms with Crippen LogP contribution in [0.15, 0.2) is 54.1 Å². The van der Waals surface area contributed by atoms with E-state index in [-0.39, 0.29) is 5.57 Å². The molecule has 5 nitrogen and oxygen atoms in total. The molecule has 0 atom stereocenters. The Balaban J connectivity index is 2.39. The molecule has 2 aromatic carbocycles. The van der Waals surface area contributed by atoms with Gasteiger partial charge in [0.05, 0.1) is 10.5 Å². The molecule has 104 valence electrons. The Morgan fingerprint density at radius 3 is 2.41 bits per heavy atom. The van der Waals surface area contributed by atoms with Crippen molar-refractivity contribution < 1.29 is 0 Å². The summed E-state index contributed by atoms with van der Waals surface area (Å²) in [4.78, 5) is 0. The number of nitriles is 2. The first-order valence-electron chi connectivity index (χ1n) is 6.36. The molecule has 0 saturated heterocycles. The van der Waals surface area contributed by atoms with E-state index in [1.165, 1.54) is 4.68 Å². The number of benzene rings is 2. The van der Waals surface area contributed by atoms with E-state index >= 15 is 0 Å². The number of hydrogen-bond donors (Lipinski definition) is 0. The van der Waals surface area contributed by atoms with Gasteiger partial charge in [-0.2, -0.15) is 10.5 Å². The molecular weight excluding hydrogens is 298 g/mol. The number of allylic oxidation sites excluding steroid dienone is 1. The zero-order valence-electron chi connectivity index (χ0n) is 11.2. The van der Waals surface area contributed by atoms with Gasteiger partial charge in [-0.3, -0.25) is 0 Å². The van der Waals surface area contributed by atoms with E-state index in [9.17, 15) is 10.5 Å². The van der Waals surface area contributed by atoms with Crippen molar-refractivity contribution in [1.29, 1.82) is 10.5 Å². The summed E-state index contributed by atoms with van der Waals surface area (Å²) in [6, 6.07) is 18.1. The molecule has 0 amide bonds. The Morgan fingerprint density at radius 2 is 1.68 bits per heavy atom. The minimum absolute atomic E-state index is 0.0799. The van der Waals surface area contributed by atoms with E-state index in [2.05, 4.69) is 10.3 Å². The van der Waals surface area contributed by atoms with Crippen LogP contribution < -0.4 is 0 Å². The van der Waals surface area contributed by atoms with Gasteiger partial charge in [0, 0.05) is 5.56 Å². The second kappa shape index (κ2) is 5.69. The minimum Gasteiger partial charge on any atom is -0.210 e. The van der Waals surface area contributed by atoms with Crippen LogP contribution in [0.2, 0.25) is 5.02 Å². The van der Waals surface area contributed by atoms with Crippen molar-refractivity contribution in [1.82, 2.24) is 15.0 Å². The summed E-state index contributed by atoms with van der Waals surface area (Å²) in [5.74, 6) is 0. The Kier molecular flexibility index (Phi) is 3.57. The van der Waals surface area contributed by atoms with Gasteiger partial charge in [0.15, 0.2) is 5.57 Å². The molecule has 6 heteroatoms. The molecule has 3 aromatic rings. The quantitative estimate of drug-likeness (QED) is 0.680. The second-order valence-electron chi connectivity index (χ2n) is 4.42. The van der Waals surface area contributed by atoms with Crippen LogP contribution in [-0.4, -0.2) is 15.0 Å². The van der Waals surface area contributed by atoms with Gasteiger partial charge in [-0.1, -0.05) is 47.1 Å². The smallest absolute Gasteiger partial charge is 0.156 e. The first-order valence-corrected chi connectivity index (χ1v) is 6.74. The maximum Gasteiger partial charge on any atom is 0.156 e. The summed E-state index contributed by atoms with van der Waals surface area (Å²) in [5, 5.41) is 27.1. The maximum atomic E-state index is 9.28. The number of para-hydroxylation sites is 1. The van der Waals surface area contributed by atoms with E-state index < -0.39 is 0 Å². The Bertz CT molecular complexity index is 956. The van der Waals surface area contributed by atoms with Crippen LogP contribution in [0.25, 0.3) is 16.7 Å². The number of aromatic nitrogens is 3. The van der Waals surface area contributed by atoms with E-state index in [0.29, 0.717) is 27.3 Å². The van der Waals surface area contributed by atoms with Crippen LogP contribution >= 0.6 is 11.6 Å². The van der Waals surface area contributed by atoms with Crippen molar-refractivity contribution in [2.24, 2.45) is 0 Å². The Labute approximate surface area is 131 Å². The van der Waals surface area contributed by atoms with Crippen molar-refractivity contribution in [2.75, 3.05) is 0 Å². The van der Waals surface area contributed by atoms with Crippen LogP contribution in [0.4, 0.5) is 0 Å².